The first-order valence-electron chi connectivity index (χ1n) is 12.4. The van der Waals surface area contributed by atoms with Gasteiger partial charge in [-0.1, -0.05) is 50.3 Å². The van der Waals surface area contributed by atoms with E-state index in [2.05, 4.69) is 6.58 Å². The Morgan fingerprint density at radius 2 is 1.97 bits per heavy atom. The number of benzene rings is 1. The second-order valence-corrected chi connectivity index (χ2v) is 10.8. The number of aliphatic carboxylic acids is 1. The van der Waals surface area contributed by atoms with Crippen LogP contribution in [0.2, 0.25) is 0 Å². The number of aliphatic hydroxyl groups excluding tert-OH is 1. The number of ether oxygens (including phenoxy) is 1. The molecule has 3 aliphatic rings. The van der Waals surface area contributed by atoms with Gasteiger partial charge in [0.2, 0.25) is 11.8 Å². The Balaban J connectivity index is 1.80. The Morgan fingerprint density at radius 1 is 1.29 bits per heavy atom. The molecule has 4 rings (SSSR count). The molecule has 0 saturated carbocycles. The average molecular weight is 485 g/mol. The number of likely N-dealkylation sites (tertiary alicyclic amines) is 1. The molecule has 2 unspecified atom stereocenters. The Bertz CT molecular complexity index is 997. The van der Waals surface area contributed by atoms with Gasteiger partial charge in [-0.05, 0) is 37.7 Å². The predicted octanol–water partition coefficient (Wildman–Crippen LogP) is 2.46. The molecule has 35 heavy (non-hydrogen) atoms. The van der Waals surface area contributed by atoms with Gasteiger partial charge in [0, 0.05) is 13.1 Å². The molecule has 0 radical (unpaired) electrons. The fourth-order valence-corrected chi connectivity index (χ4v) is 6.60. The van der Waals surface area contributed by atoms with Gasteiger partial charge in [-0.2, -0.15) is 0 Å². The molecule has 0 aromatic heterocycles. The number of aliphatic hydroxyl groups is 1. The molecular weight excluding hydrogens is 448 g/mol. The zero-order chi connectivity index (χ0) is 25.5. The van der Waals surface area contributed by atoms with E-state index in [-0.39, 0.29) is 25.0 Å². The van der Waals surface area contributed by atoms with Crippen LogP contribution in [0, 0.1) is 17.8 Å². The normalized spacial score (nSPS) is 32.1. The summed E-state index contributed by atoms with van der Waals surface area (Å²) in [5.41, 5.74) is -1.31. The zero-order valence-electron chi connectivity index (χ0n) is 20.7. The van der Waals surface area contributed by atoms with Gasteiger partial charge in [0.1, 0.15) is 11.6 Å². The SMILES string of the molecule is C=CCN(Cc1ccccc1)C(=O)C1N([C@@H](CO)CC(C)C)C(=O)[C@@H]2[C@H](C(=O)O)[C@]3(C)CCC12O3. The molecule has 6 atom stereocenters. The Labute approximate surface area is 206 Å². The van der Waals surface area contributed by atoms with Crippen molar-refractivity contribution in [1.29, 1.82) is 0 Å². The third-order valence-corrected chi connectivity index (χ3v) is 7.94. The van der Waals surface area contributed by atoms with E-state index in [4.69, 9.17) is 4.74 Å². The Hall–Kier alpha value is -2.71. The number of carbonyl (C=O) groups is 3. The van der Waals surface area contributed by atoms with Crippen molar-refractivity contribution < 1.29 is 29.3 Å². The molecule has 3 fully saturated rings. The van der Waals surface area contributed by atoms with Crippen LogP contribution in [-0.2, 0) is 25.7 Å². The summed E-state index contributed by atoms with van der Waals surface area (Å²) in [5, 5.41) is 20.4. The van der Waals surface area contributed by atoms with Gasteiger partial charge in [-0.15, -0.1) is 6.58 Å². The smallest absolute Gasteiger partial charge is 0.310 e. The van der Waals surface area contributed by atoms with Gasteiger partial charge >= 0.3 is 5.97 Å². The number of nitrogens with zero attached hydrogens (tertiary/aromatic N) is 2. The summed E-state index contributed by atoms with van der Waals surface area (Å²) in [5.74, 6) is -3.63. The van der Waals surface area contributed by atoms with Crippen LogP contribution >= 0.6 is 0 Å². The van der Waals surface area contributed by atoms with Crippen molar-refractivity contribution in [1.82, 2.24) is 9.80 Å². The Morgan fingerprint density at radius 3 is 2.54 bits per heavy atom. The second kappa shape index (κ2) is 9.39. The third-order valence-electron chi connectivity index (χ3n) is 7.94. The maximum absolute atomic E-state index is 14.3. The minimum atomic E-state index is -1.23. The summed E-state index contributed by atoms with van der Waals surface area (Å²) in [4.78, 5) is 43.7. The highest BCUT2D eigenvalue weighted by atomic mass is 16.5. The van der Waals surface area contributed by atoms with Crippen molar-refractivity contribution in [3.05, 3.63) is 48.6 Å². The van der Waals surface area contributed by atoms with Crippen LogP contribution in [0.1, 0.15) is 45.6 Å². The molecule has 2 N–H and O–H groups in total. The molecule has 1 aromatic rings. The van der Waals surface area contributed by atoms with Crippen LogP contribution < -0.4 is 0 Å². The zero-order valence-corrected chi connectivity index (χ0v) is 20.7. The van der Waals surface area contributed by atoms with Crippen molar-refractivity contribution in [2.24, 2.45) is 17.8 Å². The highest BCUT2D eigenvalue weighted by molar-refractivity contribution is 5.98. The third kappa shape index (κ3) is 4.06. The predicted molar refractivity (Wildman–Crippen MR) is 129 cm³/mol. The molecule has 8 nitrogen and oxygen atoms in total. The fraction of sp³-hybridized carbons (Fsp3) is 0.593. The number of fused-ring (bicyclic) bond motifs is 1. The molecule has 1 aromatic carbocycles. The second-order valence-electron chi connectivity index (χ2n) is 10.8. The number of carboxylic acids is 1. The number of carboxylic acid groups (broad SMARTS) is 1. The van der Waals surface area contributed by atoms with Gasteiger partial charge in [-0.3, -0.25) is 14.4 Å². The summed E-state index contributed by atoms with van der Waals surface area (Å²) in [6.45, 7) is 9.79. The molecular formula is C27H36N2O6. The lowest BCUT2D eigenvalue weighted by atomic mass is 9.66. The quantitative estimate of drug-likeness (QED) is 0.494. The van der Waals surface area contributed by atoms with E-state index in [1.165, 1.54) is 4.90 Å². The molecule has 3 heterocycles. The first-order chi connectivity index (χ1) is 16.6. The molecule has 190 valence electrons. The van der Waals surface area contributed by atoms with Crippen LogP contribution in [0.5, 0.6) is 0 Å². The molecule has 3 aliphatic heterocycles. The summed E-state index contributed by atoms with van der Waals surface area (Å²) in [6.07, 6.45) is 3.01. The summed E-state index contributed by atoms with van der Waals surface area (Å²) in [6, 6.07) is 7.94. The van der Waals surface area contributed by atoms with Crippen LogP contribution in [0.3, 0.4) is 0 Å². The lowest BCUT2D eigenvalue weighted by molar-refractivity contribution is -0.159. The highest BCUT2D eigenvalue weighted by Gasteiger charge is 2.78. The number of rotatable bonds is 10. The monoisotopic (exact) mass is 484 g/mol. The van der Waals surface area contributed by atoms with E-state index in [0.717, 1.165) is 5.56 Å². The maximum Gasteiger partial charge on any atom is 0.310 e. The summed E-state index contributed by atoms with van der Waals surface area (Å²) in [7, 11) is 0. The molecule has 8 heteroatoms. The number of carbonyl (C=O) groups excluding carboxylic acids is 2. The van der Waals surface area contributed by atoms with Gasteiger partial charge in [0.15, 0.2) is 0 Å². The number of hydrogen-bond donors (Lipinski definition) is 2. The first-order valence-corrected chi connectivity index (χ1v) is 12.4. The van der Waals surface area contributed by atoms with Gasteiger partial charge in [0.25, 0.3) is 0 Å². The van der Waals surface area contributed by atoms with Crippen molar-refractivity contribution in [2.45, 2.75) is 69.9 Å². The minimum Gasteiger partial charge on any atom is -0.481 e. The van der Waals surface area contributed by atoms with Gasteiger partial charge < -0.3 is 24.7 Å². The van der Waals surface area contributed by atoms with E-state index < -0.39 is 47.0 Å². The van der Waals surface area contributed by atoms with E-state index in [1.807, 2.05) is 44.2 Å². The van der Waals surface area contributed by atoms with Crippen molar-refractivity contribution in [3.8, 4) is 0 Å². The largest absolute Gasteiger partial charge is 0.481 e. The molecule has 0 aliphatic carbocycles. The van der Waals surface area contributed by atoms with Crippen LogP contribution in [0.25, 0.3) is 0 Å². The van der Waals surface area contributed by atoms with Crippen LogP contribution in [0.15, 0.2) is 43.0 Å². The standard InChI is InChI=1S/C27H36N2O6/c1-5-13-28(15-18-9-7-6-8-10-18)24(32)22-27-12-11-26(4,35-27)21(25(33)34)20(27)23(31)29(22)19(16-30)14-17(2)3/h5-10,17,19-22,30H,1,11-16H2,2-4H3,(H,33,34)/t19-,20+,21-,22?,26+,27?/m1/s1. The molecule has 1 spiro atoms. The number of hydrogen-bond acceptors (Lipinski definition) is 5. The topological polar surface area (TPSA) is 107 Å². The van der Waals surface area contributed by atoms with Crippen LogP contribution in [-0.4, -0.2) is 74.2 Å². The van der Waals surface area contributed by atoms with Gasteiger partial charge in [-0.25, -0.2) is 0 Å². The molecule has 2 amide bonds. The number of amides is 2. The Kier molecular flexibility index (Phi) is 6.81. The van der Waals surface area contributed by atoms with Crippen LogP contribution in [0.4, 0.5) is 0 Å². The van der Waals surface area contributed by atoms with Crippen molar-refractivity contribution in [3.63, 3.8) is 0 Å². The fourth-order valence-electron chi connectivity index (χ4n) is 6.60. The summed E-state index contributed by atoms with van der Waals surface area (Å²) >= 11 is 0. The minimum absolute atomic E-state index is 0.160. The maximum atomic E-state index is 14.3. The van der Waals surface area contributed by atoms with Gasteiger partial charge in [0.05, 0.1) is 30.1 Å². The lowest BCUT2D eigenvalue weighted by Gasteiger charge is -2.40. The first kappa shape index (κ1) is 25.4. The summed E-state index contributed by atoms with van der Waals surface area (Å²) < 4.78 is 6.46. The molecule has 2 bridgehead atoms. The molecule has 3 saturated heterocycles. The van der Waals surface area contributed by atoms with E-state index >= 15 is 0 Å². The van der Waals surface area contributed by atoms with E-state index in [9.17, 15) is 24.6 Å². The van der Waals surface area contributed by atoms with Crippen molar-refractivity contribution in [2.75, 3.05) is 13.2 Å². The average Bonchev–Trinajstić information content (AvgIpc) is 3.38. The highest BCUT2D eigenvalue weighted by Crippen LogP contribution is 2.63. The van der Waals surface area contributed by atoms with E-state index in [1.54, 1.807) is 17.9 Å². The lowest BCUT2D eigenvalue weighted by Crippen LogP contribution is -2.58. The van der Waals surface area contributed by atoms with E-state index in [0.29, 0.717) is 25.8 Å². The van der Waals surface area contributed by atoms with Crippen molar-refractivity contribution >= 4 is 17.8 Å².